The second-order valence-electron chi connectivity index (χ2n) is 5.65. The number of ketones is 1. The molecular formula is C20H21NO6S. The number of thiophene rings is 1. The number of hydrogen-bond acceptors (Lipinski definition) is 7. The molecule has 0 aliphatic carbocycles. The van der Waals surface area contributed by atoms with Crippen molar-refractivity contribution in [1.82, 2.24) is 5.32 Å². The lowest BCUT2D eigenvalue weighted by Gasteiger charge is -2.07. The van der Waals surface area contributed by atoms with E-state index >= 15 is 0 Å². The van der Waals surface area contributed by atoms with Crippen molar-refractivity contribution < 1.29 is 28.6 Å². The van der Waals surface area contributed by atoms with Crippen LogP contribution in [0.4, 0.5) is 0 Å². The van der Waals surface area contributed by atoms with Crippen LogP contribution in [0.1, 0.15) is 27.0 Å². The number of carbonyl (C=O) groups excluding carboxylic acids is 3. The molecule has 0 saturated carbocycles. The Labute approximate surface area is 166 Å². The highest BCUT2D eigenvalue weighted by atomic mass is 32.1. The molecule has 0 atom stereocenters. The van der Waals surface area contributed by atoms with Gasteiger partial charge in [0.1, 0.15) is 11.5 Å². The van der Waals surface area contributed by atoms with Gasteiger partial charge >= 0.3 is 5.97 Å². The molecule has 7 nitrogen and oxygen atoms in total. The summed E-state index contributed by atoms with van der Waals surface area (Å²) in [6.07, 6.45) is 2.76. The third kappa shape index (κ3) is 6.24. The molecule has 1 amide bonds. The van der Waals surface area contributed by atoms with Crippen molar-refractivity contribution in [3.63, 3.8) is 0 Å². The van der Waals surface area contributed by atoms with Gasteiger partial charge in [0.15, 0.2) is 6.61 Å². The highest BCUT2D eigenvalue weighted by Crippen LogP contribution is 2.25. The number of hydrogen-bond donors (Lipinski definition) is 1. The first-order valence-corrected chi connectivity index (χ1v) is 9.17. The lowest BCUT2D eigenvalue weighted by Crippen LogP contribution is -2.18. The molecule has 1 heterocycles. The average molecular weight is 403 g/mol. The number of nitrogens with one attached hydrogen (secondary N) is 1. The van der Waals surface area contributed by atoms with Gasteiger partial charge in [0, 0.05) is 23.4 Å². The predicted molar refractivity (Wildman–Crippen MR) is 106 cm³/mol. The second kappa shape index (κ2) is 10.3. The first-order valence-electron chi connectivity index (χ1n) is 8.36. The fourth-order valence-corrected chi connectivity index (χ4v) is 3.09. The van der Waals surface area contributed by atoms with Crippen LogP contribution in [0.25, 0.3) is 6.08 Å². The molecule has 1 aromatic carbocycles. The Bertz CT molecular complexity index is 887. The fraction of sp³-hybridized carbons (Fsp3) is 0.250. The van der Waals surface area contributed by atoms with Crippen molar-refractivity contribution in [3.05, 3.63) is 51.7 Å². The molecule has 148 valence electrons. The summed E-state index contributed by atoms with van der Waals surface area (Å²) in [6.45, 7) is 1.42. The lowest BCUT2D eigenvalue weighted by molar-refractivity contribution is -0.136. The summed E-state index contributed by atoms with van der Waals surface area (Å²) < 4.78 is 15.4. The number of carbonyl (C=O) groups is 3. The Morgan fingerprint density at radius 3 is 2.57 bits per heavy atom. The van der Waals surface area contributed by atoms with Crippen LogP contribution in [-0.4, -0.2) is 38.5 Å². The standard InChI is InChI=1S/C20H21NO6S/c1-13(22)21-11-16-6-8-19(28-16)17(23)12-27-20(24)9-4-14-10-15(25-2)5-7-18(14)26-3/h4-10H,11-12H2,1-3H3,(H,21,22)/b9-4+. The Morgan fingerprint density at radius 2 is 1.89 bits per heavy atom. The van der Waals surface area contributed by atoms with E-state index in [1.807, 2.05) is 0 Å². The van der Waals surface area contributed by atoms with Crippen molar-refractivity contribution in [2.75, 3.05) is 20.8 Å². The van der Waals surface area contributed by atoms with E-state index in [2.05, 4.69) is 5.32 Å². The molecule has 0 spiro atoms. The minimum atomic E-state index is -0.645. The summed E-state index contributed by atoms with van der Waals surface area (Å²) in [7, 11) is 3.07. The lowest BCUT2D eigenvalue weighted by atomic mass is 10.1. The molecule has 0 bridgehead atoms. The minimum absolute atomic E-state index is 0.144. The van der Waals surface area contributed by atoms with Crippen LogP contribution >= 0.6 is 11.3 Å². The third-order valence-corrected chi connectivity index (χ3v) is 4.76. The van der Waals surface area contributed by atoms with Crippen LogP contribution in [-0.2, 0) is 20.9 Å². The molecule has 1 N–H and O–H groups in total. The molecule has 8 heteroatoms. The van der Waals surface area contributed by atoms with Crippen molar-refractivity contribution in [2.45, 2.75) is 13.5 Å². The average Bonchev–Trinajstić information content (AvgIpc) is 3.17. The van der Waals surface area contributed by atoms with Gasteiger partial charge in [-0.05, 0) is 36.4 Å². The number of methoxy groups -OCH3 is 2. The summed E-state index contributed by atoms with van der Waals surface area (Å²) >= 11 is 1.25. The Kier molecular flexibility index (Phi) is 7.76. The molecule has 0 fully saturated rings. The molecule has 1 aromatic heterocycles. The normalized spacial score (nSPS) is 10.5. The number of benzene rings is 1. The van der Waals surface area contributed by atoms with Crippen LogP contribution in [0.15, 0.2) is 36.4 Å². The van der Waals surface area contributed by atoms with E-state index < -0.39 is 5.97 Å². The van der Waals surface area contributed by atoms with Crippen LogP contribution < -0.4 is 14.8 Å². The molecule has 2 rings (SSSR count). The van der Waals surface area contributed by atoms with Gasteiger partial charge in [-0.1, -0.05) is 0 Å². The van der Waals surface area contributed by atoms with Crippen LogP contribution in [0.3, 0.4) is 0 Å². The van der Waals surface area contributed by atoms with Crippen molar-refractivity contribution in [1.29, 1.82) is 0 Å². The first-order chi connectivity index (χ1) is 13.4. The molecule has 0 aliphatic heterocycles. The highest BCUT2D eigenvalue weighted by molar-refractivity contribution is 7.14. The third-order valence-electron chi connectivity index (χ3n) is 3.63. The smallest absolute Gasteiger partial charge is 0.331 e. The number of esters is 1. The Hall–Kier alpha value is -3.13. The number of amides is 1. The summed E-state index contributed by atoms with van der Waals surface area (Å²) in [5.41, 5.74) is 0.644. The zero-order valence-corrected chi connectivity index (χ0v) is 16.6. The molecule has 2 aromatic rings. The van der Waals surface area contributed by atoms with E-state index in [4.69, 9.17) is 14.2 Å². The van der Waals surface area contributed by atoms with Gasteiger partial charge in [-0.2, -0.15) is 0 Å². The number of rotatable bonds is 9. The van der Waals surface area contributed by atoms with E-state index in [9.17, 15) is 14.4 Å². The maximum Gasteiger partial charge on any atom is 0.331 e. The molecule has 28 heavy (non-hydrogen) atoms. The van der Waals surface area contributed by atoms with Gasteiger partial charge in [0.05, 0.1) is 25.6 Å². The van der Waals surface area contributed by atoms with Gasteiger partial charge in [-0.15, -0.1) is 11.3 Å². The van der Waals surface area contributed by atoms with Crippen LogP contribution in [0.5, 0.6) is 11.5 Å². The number of Topliss-reactive ketones (excluding diaryl/α,β-unsaturated/α-hetero) is 1. The van der Waals surface area contributed by atoms with Crippen molar-refractivity contribution >= 4 is 35.1 Å². The minimum Gasteiger partial charge on any atom is -0.497 e. The number of ether oxygens (including phenoxy) is 3. The van der Waals surface area contributed by atoms with Gasteiger partial charge in [-0.3, -0.25) is 9.59 Å². The van der Waals surface area contributed by atoms with Gasteiger partial charge in [0.25, 0.3) is 0 Å². The maximum absolute atomic E-state index is 12.1. The van der Waals surface area contributed by atoms with E-state index in [1.165, 1.54) is 37.5 Å². The molecule has 0 radical (unpaired) electrons. The van der Waals surface area contributed by atoms with E-state index in [0.717, 1.165) is 4.88 Å². The van der Waals surface area contributed by atoms with E-state index in [0.29, 0.717) is 28.5 Å². The summed E-state index contributed by atoms with van der Waals surface area (Å²) in [5, 5.41) is 2.66. The van der Waals surface area contributed by atoms with Crippen LogP contribution in [0, 0.1) is 0 Å². The molecule has 0 unspecified atom stereocenters. The molecule has 0 aliphatic rings. The molecule has 0 saturated heterocycles. The fourth-order valence-electron chi connectivity index (χ4n) is 2.22. The topological polar surface area (TPSA) is 90.9 Å². The van der Waals surface area contributed by atoms with Crippen molar-refractivity contribution in [2.24, 2.45) is 0 Å². The monoisotopic (exact) mass is 403 g/mol. The van der Waals surface area contributed by atoms with Gasteiger partial charge < -0.3 is 19.5 Å². The Morgan fingerprint density at radius 1 is 1.11 bits per heavy atom. The van der Waals surface area contributed by atoms with Crippen molar-refractivity contribution in [3.8, 4) is 11.5 Å². The second-order valence-corrected chi connectivity index (χ2v) is 6.82. The quantitative estimate of drug-likeness (QED) is 0.393. The zero-order valence-electron chi connectivity index (χ0n) is 15.8. The maximum atomic E-state index is 12.1. The zero-order chi connectivity index (χ0) is 20.5. The van der Waals surface area contributed by atoms with Gasteiger partial charge in [0.2, 0.25) is 11.7 Å². The predicted octanol–water partition coefficient (Wildman–Crippen LogP) is 2.84. The summed E-state index contributed by atoms with van der Waals surface area (Å²) in [4.78, 5) is 36.3. The first kappa shape index (κ1) is 21.2. The van der Waals surface area contributed by atoms with E-state index in [-0.39, 0.29) is 18.3 Å². The largest absolute Gasteiger partial charge is 0.497 e. The van der Waals surface area contributed by atoms with E-state index in [1.54, 1.807) is 37.4 Å². The highest BCUT2D eigenvalue weighted by Gasteiger charge is 2.12. The summed E-state index contributed by atoms with van der Waals surface area (Å²) in [6, 6.07) is 8.59. The van der Waals surface area contributed by atoms with Gasteiger partial charge in [-0.25, -0.2) is 4.79 Å². The SMILES string of the molecule is COc1ccc(OC)c(/C=C/C(=O)OCC(=O)c2ccc(CNC(C)=O)s2)c1. The van der Waals surface area contributed by atoms with Crippen LogP contribution in [0.2, 0.25) is 0 Å². The Balaban J connectivity index is 1.91. The molecular weight excluding hydrogens is 382 g/mol. The summed E-state index contributed by atoms with van der Waals surface area (Å²) in [5.74, 6) is 0.102.